The van der Waals surface area contributed by atoms with E-state index in [1.807, 2.05) is 41.9 Å². The van der Waals surface area contributed by atoms with Crippen LogP contribution >= 0.6 is 34.5 Å². The molecular weight excluding hydrogens is 359 g/mol. The first-order valence-corrected chi connectivity index (χ1v) is 9.48. The molecule has 0 saturated heterocycles. The molecule has 1 N–H and O–H groups in total. The fourth-order valence-electron chi connectivity index (χ4n) is 2.71. The molecule has 0 aliphatic carbocycles. The topological polar surface area (TPSA) is 24.9 Å². The van der Waals surface area contributed by atoms with Gasteiger partial charge in [-0.2, -0.15) is 0 Å². The van der Waals surface area contributed by atoms with Gasteiger partial charge in [0.15, 0.2) is 5.13 Å². The minimum atomic E-state index is 0.370. The minimum absolute atomic E-state index is 0.370. The summed E-state index contributed by atoms with van der Waals surface area (Å²) in [6.45, 7) is 0.866. The van der Waals surface area contributed by atoms with Gasteiger partial charge in [-0.1, -0.05) is 53.5 Å². The molecule has 1 unspecified atom stereocenters. The second-order valence-corrected chi connectivity index (χ2v) is 7.33. The number of anilines is 1. The zero-order valence-corrected chi connectivity index (χ0v) is 15.4. The van der Waals surface area contributed by atoms with Gasteiger partial charge in [-0.05, 0) is 48.1 Å². The first-order valence-electron chi connectivity index (χ1n) is 7.84. The van der Waals surface area contributed by atoms with Crippen LogP contribution in [0.3, 0.4) is 0 Å². The number of nitrogens with one attached hydrogen (secondary N) is 1. The number of nitrogens with zero attached hydrogens (tertiary/aromatic N) is 1. The third kappa shape index (κ3) is 4.73. The van der Waals surface area contributed by atoms with Crippen molar-refractivity contribution in [2.45, 2.75) is 18.8 Å². The molecule has 5 heteroatoms. The molecule has 1 atom stereocenters. The molecule has 24 heavy (non-hydrogen) atoms. The molecule has 0 bridgehead atoms. The lowest BCUT2D eigenvalue weighted by Gasteiger charge is -2.19. The predicted octanol–water partition coefficient (Wildman–Crippen LogP) is 6.28. The van der Waals surface area contributed by atoms with Crippen LogP contribution in [-0.2, 0) is 6.42 Å². The summed E-state index contributed by atoms with van der Waals surface area (Å²) in [6, 6.07) is 16.2. The van der Waals surface area contributed by atoms with E-state index < -0.39 is 0 Å². The third-order valence-corrected chi connectivity index (χ3v) is 5.32. The quantitative estimate of drug-likeness (QED) is 0.524. The van der Waals surface area contributed by atoms with Crippen LogP contribution in [0.4, 0.5) is 5.13 Å². The van der Waals surface area contributed by atoms with Crippen molar-refractivity contribution < 1.29 is 0 Å². The first-order chi connectivity index (χ1) is 11.7. The van der Waals surface area contributed by atoms with Gasteiger partial charge in [0.2, 0.25) is 0 Å². The van der Waals surface area contributed by atoms with Gasteiger partial charge in [0, 0.05) is 28.2 Å². The van der Waals surface area contributed by atoms with E-state index in [1.54, 1.807) is 11.3 Å². The highest BCUT2D eigenvalue weighted by molar-refractivity contribution is 7.13. The molecule has 3 rings (SSSR count). The van der Waals surface area contributed by atoms with Gasteiger partial charge in [-0.3, -0.25) is 0 Å². The summed E-state index contributed by atoms with van der Waals surface area (Å²) < 4.78 is 0. The standard InChI is InChI=1S/C19H18Cl2N2S/c20-17-7-5-14(6-8-17)15(9-10-22-19-23-11-12-24-19)13-16-3-1-2-4-18(16)21/h1-8,11-12,15H,9-10,13H2,(H,22,23). The number of hydrogen-bond donors (Lipinski definition) is 1. The Morgan fingerprint density at radius 1 is 1.04 bits per heavy atom. The Labute approximate surface area is 156 Å². The maximum absolute atomic E-state index is 6.35. The van der Waals surface area contributed by atoms with Gasteiger partial charge >= 0.3 is 0 Å². The van der Waals surface area contributed by atoms with E-state index in [-0.39, 0.29) is 0 Å². The maximum atomic E-state index is 6.35. The van der Waals surface area contributed by atoms with Crippen molar-refractivity contribution in [2.75, 3.05) is 11.9 Å². The lowest BCUT2D eigenvalue weighted by Crippen LogP contribution is -2.10. The van der Waals surface area contributed by atoms with Crippen LogP contribution in [0.25, 0.3) is 0 Å². The lowest BCUT2D eigenvalue weighted by molar-refractivity contribution is 0.641. The fourth-order valence-corrected chi connectivity index (χ4v) is 3.61. The van der Waals surface area contributed by atoms with E-state index in [4.69, 9.17) is 23.2 Å². The normalized spacial score (nSPS) is 12.1. The highest BCUT2D eigenvalue weighted by Gasteiger charge is 2.14. The molecule has 0 saturated carbocycles. The molecule has 0 spiro atoms. The molecule has 0 aliphatic rings. The Bertz CT molecular complexity index is 757. The molecule has 0 amide bonds. The number of hydrogen-bond acceptors (Lipinski definition) is 3. The summed E-state index contributed by atoms with van der Waals surface area (Å²) in [6.07, 6.45) is 3.71. The van der Waals surface area contributed by atoms with Crippen molar-refractivity contribution in [2.24, 2.45) is 0 Å². The molecule has 1 aromatic heterocycles. The Hall–Kier alpha value is -1.55. The number of benzene rings is 2. The van der Waals surface area contributed by atoms with Gasteiger partial charge in [-0.15, -0.1) is 11.3 Å². The first kappa shape index (κ1) is 17.3. The maximum Gasteiger partial charge on any atom is 0.182 e. The van der Waals surface area contributed by atoms with Gasteiger partial charge in [0.05, 0.1) is 0 Å². The zero-order chi connectivity index (χ0) is 16.8. The molecule has 124 valence electrons. The third-order valence-electron chi connectivity index (χ3n) is 3.97. The molecular formula is C19H18Cl2N2S. The summed E-state index contributed by atoms with van der Waals surface area (Å²) in [4.78, 5) is 4.26. The van der Waals surface area contributed by atoms with Crippen LogP contribution < -0.4 is 5.32 Å². The van der Waals surface area contributed by atoms with Gasteiger partial charge < -0.3 is 5.32 Å². The van der Waals surface area contributed by atoms with E-state index in [1.165, 1.54) is 11.1 Å². The van der Waals surface area contributed by atoms with Crippen molar-refractivity contribution >= 4 is 39.7 Å². The van der Waals surface area contributed by atoms with E-state index in [9.17, 15) is 0 Å². The summed E-state index contributed by atoms with van der Waals surface area (Å²) in [5.74, 6) is 0.370. The van der Waals surface area contributed by atoms with E-state index >= 15 is 0 Å². The Morgan fingerprint density at radius 3 is 2.54 bits per heavy atom. The molecule has 0 aliphatic heterocycles. The second-order valence-electron chi connectivity index (χ2n) is 5.60. The molecule has 1 heterocycles. The molecule has 0 radical (unpaired) electrons. The highest BCUT2D eigenvalue weighted by atomic mass is 35.5. The predicted molar refractivity (Wildman–Crippen MR) is 105 cm³/mol. The summed E-state index contributed by atoms with van der Waals surface area (Å²) >= 11 is 14.0. The van der Waals surface area contributed by atoms with E-state index in [0.717, 1.165) is 34.6 Å². The van der Waals surface area contributed by atoms with Crippen LogP contribution in [0, 0.1) is 0 Å². The molecule has 2 aromatic carbocycles. The minimum Gasteiger partial charge on any atom is -0.362 e. The smallest absolute Gasteiger partial charge is 0.182 e. The van der Waals surface area contributed by atoms with Crippen molar-refractivity contribution in [1.82, 2.24) is 4.98 Å². The van der Waals surface area contributed by atoms with E-state index in [2.05, 4.69) is 28.5 Å². The largest absolute Gasteiger partial charge is 0.362 e. The van der Waals surface area contributed by atoms with Gasteiger partial charge in [-0.25, -0.2) is 4.98 Å². The SMILES string of the molecule is Clc1ccc(C(CCNc2nccs2)Cc2ccccc2Cl)cc1. The average molecular weight is 377 g/mol. The Morgan fingerprint density at radius 2 is 1.83 bits per heavy atom. The molecule has 2 nitrogen and oxygen atoms in total. The van der Waals surface area contributed by atoms with Gasteiger partial charge in [0.25, 0.3) is 0 Å². The second kappa shape index (κ2) is 8.52. The van der Waals surface area contributed by atoms with Crippen molar-refractivity contribution in [1.29, 1.82) is 0 Å². The van der Waals surface area contributed by atoms with Crippen LogP contribution in [0.15, 0.2) is 60.1 Å². The van der Waals surface area contributed by atoms with Crippen LogP contribution in [-0.4, -0.2) is 11.5 Å². The van der Waals surface area contributed by atoms with Gasteiger partial charge in [0.1, 0.15) is 0 Å². The van der Waals surface area contributed by atoms with Crippen LogP contribution in [0.2, 0.25) is 10.0 Å². The number of halogens is 2. The number of aromatic nitrogens is 1. The van der Waals surface area contributed by atoms with Crippen molar-refractivity contribution in [3.63, 3.8) is 0 Å². The number of thiazole rings is 1. The number of rotatable bonds is 7. The van der Waals surface area contributed by atoms with Crippen LogP contribution in [0.1, 0.15) is 23.5 Å². The fraction of sp³-hybridized carbons (Fsp3) is 0.211. The van der Waals surface area contributed by atoms with Crippen LogP contribution in [0.5, 0.6) is 0 Å². The summed E-state index contributed by atoms with van der Waals surface area (Å²) in [5, 5.41) is 7.90. The van der Waals surface area contributed by atoms with Crippen molar-refractivity contribution in [3.05, 3.63) is 81.3 Å². The monoisotopic (exact) mass is 376 g/mol. The lowest BCUT2D eigenvalue weighted by atomic mass is 9.89. The molecule has 0 fully saturated rings. The Kier molecular flexibility index (Phi) is 6.13. The Balaban J connectivity index is 1.72. The molecule has 3 aromatic rings. The summed E-state index contributed by atoms with van der Waals surface area (Å²) in [5.41, 5.74) is 2.45. The van der Waals surface area contributed by atoms with Crippen molar-refractivity contribution in [3.8, 4) is 0 Å². The average Bonchev–Trinajstić information content (AvgIpc) is 3.10. The summed E-state index contributed by atoms with van der Waals surface area (Å²) in [7, 11) is 0. The highest BCUT2D eigenvalue weighted by Crippen LogP contribution is 2.29. The van der Waals surface area contributed by atoms with E-state index in [0.29, 0.717) is 5.92 Å². The zero-order valence-electron chi connectivity index (χ0n) is 13.1.